The van der Waals surface area contributed by atoms with Crippen LogP contribution in [0.25, 0.3) is 0 Å². The fraction of sp³-hybridized carbons (Fsp3) is 0.909. The summed E-state index contributed by atoms with van der Waals surface area (Å²) in [5.41, 5.74) is 0. The molecule has 0 saturated heterocycles. The Morgan fingerprint density at radius 1 is 1.44 bits per heavy atom. The molecule has 2 aliphatic rings. The highest BCUT2D eigenvalue weighted by molar-refractivity contribution is 9.10. The van der Waals surface area contributed by atoms with Crippen LogP contribution in [-0.2, 0) is 0 Å². The second-order valence-corrected chi connectivity index (χ2v) is 6.15. The SMILES string of the molecule is O=C(NCCCCC1CC1(F)Br)NC1CC1. The summed E-state index contributed by atoms with van der Waals surface area (Å²) in [6.45, 7) is 0.687. The number of amides is 2. The first kappa shape index (κ1) is 12.1. The summed E-state index contributed by atoms with van der Waals surface area (Å²) in [5.74, 6) is 0.188. The molecule has 2 fully saturated rings. The molecule has 2 amide bonds. The second kappa shape index (κ2) is 4.90. The summed E-state index contributed by atoms with van der Waals surface area (Å²) in [6.07, 6.45) is 5.68. The lowest BCUT2D eigenvalue weighted by molar-refractivity contribution is 0.240. The Balaban J connectivity index is 1.41. The summed E-state index contributed by atoms with van der Waals surface area (Å²) < 4.78 is 12.0. The molecule has 0 bridgehead atoms. The molecule has 3 nitrogen and oxygen atoms in total. The van der Waals surface area contributed by atoms with Gasteiger partial charge < -0.3 is 10.6 Å². The quantitative estimate of drug-likeness (QED) is 0.574. The summed E-state index contributed by atoms with van der Waals surface area (Å²) in [4.78, 5) is 11.2. The summed E-state index contributed by atoms with van der Waals surface area (Å²) in [5, 5.41) is 5.67. The van der Waals surface area contributed by atoms with Gasteiger partial charge in [-0.2, -0.15) is 0 Å². The zero-order valence-electron chi connectivity index (χ0n) is 9.27. The van der Waals surface area contributed by atoms with E-state index in [4.69, 9.17) is 0 Å². The van der Waals surface area contributed by atoms with E-state index < -0.39 is 4.58 Å². The lowest BCUT2D eigenvalue weighted by atomic mass is 10.2. The van der Waals surface area contributed by atoms with Gasteiger partial charge in [-0.25, -0.2) is 9.18 Å². The van der Waals surface area contributed by atoms with E-state index >= 15 is 0 Å². The molecular formula is C11H18BrFN2O. The third-order valence-electron chi connectivity index (χ3n) is 3.13. The molecule has 0 aromatic rings. The van der Waals surface area contributed by atoms with E-state index in [1.807, 2.05) is 0 Å². The molecule has 5 heteroatoms. The molecule has 2 unspecified atom stereocenters. The lowest BCUT2D eigenvalue weighted by Gasteiger charge is -2.06. The number of urea groups is 1. The van der Waals surface area contributed by atoms with Crippen molar-refractivity contribution in [1.82, 2.24) is 10.6 Å². The van der Waals surface area contributed by atoms with Crippen LogP contribution in [0.3, 0.4) is 0 Å². The molecule has 92 valence electrons. The largest absolute Gasteiger partial charge is 0.338 e. The van der Waals surface area contributed by atoms with E-state index in [1.54, 1.807) is 0 Å². The zero-order valence-corrected chi connectivity index (χ0v) is 10.9. The summed E-state index contributed by atoms with van der Waals surface area (Å²) in [7, 11) is 0. The van der Waals surface area contributed by atoms with Gasteiger partial charge in [-0.15, -0.1) is 0 Å². The van der Waals surface area contributed by atoms with Crippen LogP contribution >= 0.6 is 15.9 Å². The number of halogens is 2. The Labute approximate surface area is 104 Å². The number of carbonyl (C=O) groups excluding carboxylic acids is 1. The summed E-state index contributed by atoms with van der Waals surface area (Å²) in [6, 6.07) is 0.348. The molecule has 0 spiro atoms. The first-order valence-electron chi connectivity index (χ1n) is 6.00. The topological polar surface area (TPSA) is 41.1 Å². The van der Waals surface area contributed by atoms with Crippen LogP contribution in [0.15, 0.2) is 0 Å². The first-order chi connectivity index (χ1) is 7.58. The molecule has 0 heterocycles. The van der Waals surface area contributed by atoms with Crippen LogP contribution < -0.4 is 10.6 Å². The van der Waals surface area contributed by atoms with Gasteiger partial charge in [0.1, 0.15) is 0 Å². The highest BCUT2D eigenvalue weighted by atomic mass is 79.9. The molecule has 0 aromatic carbocycles. The van der Waals surface area contributed by atoms with Crippen molar-refractivity contribution in [2.75, 3.05) is 6.54 Å². The van der Waals surface area contributed by atoms with E-state index in [1.165, 1.54) is 0 Å². The third-order valence-corrected chi connectivity index (χ3v) is 4.10. The molecule has 16 heavy (non-hydrogen) atoms. The standard InChI is InChI=1S/C11H18BrFN2O/c12-11(13)7-8(11)3-1-2-6-14-10(16)15-9-4-5-9/h8-9H,1-7H2,(H2,14,15,16). The number of carbonyl (C=O) groups is 1. The molecule has 2 aliphatic carbocycles. The van der Waals surface area contributed by atoms with Crippen molar-refractivity contribution >= 4 is 22.0 Å². The van der Waals surface area contributed by atoms with Gasteiger partial charge in [0, 0.05) is 18.5 Å². The fourth-order valence-electron chi connectivity index (χ4n) is 1.76. The average molecular weight is 293 g/mol. The van der Waals surface area contributed by atoms with Crippen molar-refractivity contribution in [2.24, 2.45) is 5.92 Å². The maximum absolute atomic E-state index is 13.1. The molecule has 2 N–H and O–H groups in total. The Hall–Kier alpha value is -0.320. The van der Waals surface area contributed by atoms with Gasteiger partial charge in [0.2, 0.25) is 0 Å². The van der Waals surface area contributed by atoms with Crippen molar-refractivity contribution in [2.45, 2.75) is 49.1 Å². The number of hydrogen-bond acceptors (Lipinski definition) is 1. The van der Waals surface area contributed by atoms with Gasteiger partial charge in [-0.05, 0) is 48.0 Å². The minimum atomic E-state index is -1.08. The van der Waals surface area contributed by atoms with E-state index in [9.17, 15) is 9.18 Å². The lowest BCUT2D eigenvalue weighted by Crippen LogP contribution is -2.37. The molecule has 2 atom stereocenters. The maximum atomic E-state index is 13.1. The third kappa shape index (κ3) is 3.92. The molecule has 2 rings (SSSR count). The number of hydrogen-bond donors (Lipinski definition) is 2. The van der Waals surface area contributed by atoms with E-state index in [0.717, 1.165) is 32.1 Å². The number of unbranched alkanes of at least 4 members (excludes halogenated alkanes) is 1. The second-order valence-electron chi connectivity index (χ2n) is 4.83. The highest BCUT2D eigenvalue weighted by Gasteiger charge is 2.52. The predicted octanol–water partition coefficient (Wildman–Crippen LogP) is 2.70. The van der Waals surface area contributed by atoms with Crippen LogP contribution in [0.1, 0.15) is 38.5 Å². The minimum absolute atomic E-state index is 0.0609. The average Bonchev–Trinajstić information content (AvgIpc) is 3.07. The number of rotatable bonds is 6. The van der Waals surface area contributed by atoms with Crippen LogP contribution in [0.5, 0.6) is 0 Å². The Kier molecular flexibility index (Phi) is 3.72. The Morgan fingerprint density at radius 2 is 2.12 bits per heavy atom. The van der Waals surface area contributed by atoms with Gasteiger partial charge >= 0.3 is 6.03 Å². The normalized spacial score (nSPS) is 32.2. The van der Waals surface area contributed by atoms with E-state index in [0.29, 0.717) is 19.0 Å². The van der Waals surface area contributed by atoms with Crippen molar-refractivity contribution in [3.05, 3.63) is 0 Å². The van der Waals surface area contributed by atoms with Gasteiger partial charge in [0.15, 0.2) is 4.58 Å². The highest BCUT2D eigenvalue weighted by Crippen LogP contribution is 2.54. The minimum Gasteiger partial charge on any atom is -0.338 e. The van der Waals surface area contributed by atoms with Crippen molar-refractivity contribution in [1.29, 1.82) is 0 Å². The van der Waals surface area contributed by atoms with Gasteiger partial charge in [0.05, 0.1) is 0 Å². The smallest absolute Gasteiger partial charge is 0.315 e. The van der Waals surface area contributed by atoms with Crippen molar-refractivity contribution in [3.63, 3.8) is 0 Å². The van der Waals surface area contributed by atoms with Crippen molar-refractivity contribution < 1.29 is 9.18 Å². The zero-order chi connectivity index (χ0) is 11.6. The van der Waals surface area contributed by atoms with Crippen LogP contribution in [-0.4, -0.2) is 23.2 Å². The van der Waals surface area contributed by atoms with Crippen LogP contribution in [0.2, 0.25) is 0 Å². The summed E-state index contributed by atoms with van der Waals surface area (Å²) >= 11 is 3.03. The number of alkyl halides is 2. The fourth-order valence-corrected chi connectivity index (χ4v) is 2.38. The predicted molar refractivity (Wildman–Crippen MR) is 64.3 cm³/mol. The van der Waals surface area contributed by atoms with Gasteiger partial charge in [0.25, 0.3) is 0 Å². The Morgan fingerprint density at radius 3 is 2.69 bits per heavy atom. The molecule has 0 radical (unpaired) electrons. The number of nitrogens with one attached hydrogen (secondary N) is 2. The molecule has 2 saturated carbocycles. The van der Waals surface area contributed by atoms with Gasteiger partial charge in [-0.3, -0.25) is 0 Å². The Bertz CT molecular complexity index is 269. The maximum Gasteiger partial charge on any atom is 0.315 e. The molecule has 0 aliphatic heterocycles. The van der Waals surface area contributed by atoms with Crippen LogP contribution in [0, 0.1) is 5.92 Å². The first-order valence-corrected chi connectivity index (χ1v) is 6.79. The van der Waals surface area contributed by atoms with Gasteiger partial charge in [-0.1, -0.05) is 6.42 Å². The van der Waals surface area contributed by atoms with E-state index in [-0.39, 0.29) is 11.9 Å². The van der Waals surface area contributed by atoms with Crippen molar-refractivity contribution in [3.8, 4) is 0 Å². The van der Waals surface area contributed by atoms with Crippen LogP contribution in [0.4, 0.5) is 9.18 Å². The molecular weight excluding hydrogens is 275 g/mol. The molecule has 0 aromatic heterocycles. The monoisotopic (exact) mass is 292 g/mol. The van der Waals surface area contributed by atoms with E-state index in [2.05, 4.69) is 26.6 Å².